The molecule has 0 saturated heterocycles. The molecule has 4 nitrogen and oxygen atoms in total. The summed E-state index contributed by atoms with van der Waals surface area (Å²) in [7, 11) is 0. The van der Waals surface area contributed by atoms with E-state index < -0.39 is 0 Å². The molecule has 3 heterocycles. The van der Waals surface area contributed by atoms with Gasteiger partial charge in [0.2, 0.25) is 0 Å². The van der Waals surface area contributed by atoms with E-state index in [0.29, 0.717) is 17.5 Å². The van der Waals surface area contributed by atoms with E-state index >= 15 is 0 Å². The molecule has 0 bridgehead atoms. The van der Waals surface area contributed by atoms with Crippen molar-refractivity contribution >= 4 is 74.7 Å². The molecule has 0 atom stereocenters. The van der Waals surface area contributed by atoms with Crippen LogP contribution in [0.15, 0.2) is 146 Å². The van der Waals surface area contributed by atoms with Crippen LogP contribution < -0.4 is 0 Å². The Labute approximate surface area is 273 Å². The highest BCUT2D eigenvalue weighted by Gasteiger charge is 2.18. The van der Waals surface area contributed by atoms with Crippen LogP contribution in [0.4, 0.5) is 0 Å². The highest BCUT2D eigenvalue weighted by atomic mass is 32.1. The minimum atomic E-state index is 0.650. The van der Waals surface area contributed by atoms with Gasteiger partial charge in [0.25, 0.3) is 0 Å². The fourth-order valence-electron chi connectivity index (χ4n) is 6.93. The summed E-state index contributed by atoms with van der Waals surface area (Å²) in [5.41, 5.74) is 2.92. The fraction of sp³-hybridized carbons (Fsp3) is 0. The Morgan fingerprint density at radius 1 is 0.383 bits per heavy atom. The minimum Gasteiger partial charge on any atom is -0.245 e. The Morgan fingerprint density at radius 2 is 1.02 bits per heavy atom. The van der Waals surface area contributed by atoms with E-state index in [1.54, 1.807) is 11.3 Å². The molecular formula is C42H24N4S. The lowest BCUT2D eigenvalue weighted by atomic mass is 9.96. The predicted octanol–water partition coefficient (Wildman–Crippen LogP) is 11.2. The molecule has 0 N–H and O–H groups in total. The van der Waals surface area contributed by atoms with Gasteiger partial charge in [0.1, 0.15) is 4.83 Å². The number of hydrogen-bond donors (Lipinski definition) is 0. The van der Waals surface area contributed by atoms with Crippen LogP contribution in [-0.2, 0) is 0 Å². The number of nitrogens with zero attached hydrogens (tertiary/aromatic N) is 4. The van der Waals surface area contributed by atoms with Crippen molar-refractivity contribution in [2.24, 2.45) is 0 Å². The number of fused-ring (bicyclic) bond motifs is 9. The van der Waals surface area contributed by atoms with Crippen LogP contribution in [0.3, 0.4) is 0 Å². The van der Waals surface area contributed by atoms with Gasteiger partial charge >= 0.3 is 0 Å². The largest absolute Gasteiger partial charge is 0.245 e. The molecule has 218 valence electrons. The lowest BCUT2D eigenvalue weighted by Crippen LogP contribution is -2.01. The standard InChI is InChI=1S/C42H24N4S/c1-2-10-26-23-28(19-18-25(26)9-1)39-44-40(35-16-7-15-33-32(35)20-21-34-36-17-8-22-43-42(36)47-38(33)34)46-41(45-39)37-24-27-11-3-4-12-29(27)30-13-5-6-14-31(30)37/h1-24H. The number of aromatic nitrogens is 4. The first-order valence-electron chi connectivity index (χ1n) is 15.6. The van der Waals surface area contributed by atoms with Gasteiger partial charge in [-0.25, -0.2) is 19.9 Å². The van der Waals surface area contributed by atoms with Crippen molar-refractivity contribution in [3.05, 3.63) is 146 Å². The van der Waals surface area contributed by atoms with Crippen LogP contribution in [0, 0.1) is 0 Å². The third-order valence-electron chi connectivity index (χ3n) is 9.17. The topological polar surface area (TPSA) is 51.6 Å². The molecule has 0 aliphatic heterocycles. The summed E-state index contributed by atoms with van der Waals surface area (Å²) in [6, 6.07) is 49.1. The number of hydrogen-bond acceptors (Lipinski definition) is 5. The van der Waals surface area contributed by atoms with Crippen LogP contribution in [0.2, 0.25) is 0 Å². The minimum absolute atomic E-state index is 0.650. The van der Waals surface area contributed by atoms with E-state index in [-0.39, 0.29) is 0 Å². The maximum absolute atomic E-state index is 5.26. The van der Waals surface area contributed by atoms with Crippen LogP contribution >= 0.6 is 11.3 Å². The van der Waals surface area contributed by atoms with Crippen molar-refractivity contribution in [3.63, 3.8) is 0 Å². The molecule has 0 aliphatic rings. The molecule has 5 heteroatoms. The summed E-state index contributed by atoms with van der Waals surface area (Å²) in [5.74, 6) is 1.96. The average molecular weight is 617 g/mol. The Kier molecular flexibility index (Phi) is 5.71. The Balaban J connectivity index is 1.27. The third kappa shape index (κ3) is 4.14. The summed E-state index contributed by atoms with van der Waals surface area (Å²) in [6.07, 6.45) is 1.86. The van der Waals surface area contributed by atoms with Gasteiger partial charge in [-0.2, -0.15) is 0 Å². The van der Waals surface area contributed by atoms with Gasteiger partial charge in [0.15, 0.2) is 17.5 Å². The molecule has 10 rings (SSSR count). The van der Waals surface area contributed by atoms with Gasteiger partial charge in [-0.3, -0.25) is 0 Å². The van der Waals surface area contributed by atoms with Gasteiger partial charge in [0.05, 0.1) is 0 Å². The van der Waals surface area contributed by atoms with Gasteiger partial charge < -0.3 is 0 Å². The number of rotatable bonds is 3. The molecule has 0 saturated carbocycles. The SMILES string of the molecule is c1ccc2cc(-c3nc(-c4cc5ccccc5c5ccccc45)nc(-c4cccc5c4ccc4c6cccnc6sc54)n3)ccc2c1. The van der Waals surface area contributed by atoms with Crippen LogP contribution in [-0.4, -0.2) is 19.9 Å². The Hall–Kier alpha value is -6.04. The highest BCUT2D eigenvalue weighted by molar-refractivity contribution is 7.26. The summed E-state index contributed by atoms with van der Waals surface area (Å²) >= 11 is 1.73. The first-order valence-corrected chi connectivity index (χ1v) is 16.5. The molecule has 0 spiro atoms. The zero-order valence-electron chi connectivity index (χ0n) is 25.1. The second-order valence-electron chi connectivity index (χ2n) is 11.9. The smallest absolute Gasteiger partial charge is 0.164 e. The number of thiophene rings is 1. The van der Waals surface area contributed by atoms with Crippen LogP contribution in [0.25, 0.3) is 97.6 Å². The Bertz CT molecular complexity index is 2870. The first kappa shape index (κ1) is 26.2. The van der Waals surface area contributed by atoms with Crippen LogP contribution in [0.1, 0.15) is 0 Å². The fourth-order valence-corrected chi connectivity index (χ4v) is 8.11. The van der Waals surface area contributed by atoms with E-state index in [4.69, 9.17) is 15.0 Å². The van der Waals surface area contributed by atoms with Crippen molar-refractivity contribution in [3.8, 4) is 34.2 Å². The molecule has 47 heavy (non-hydrogen) atoms. The molecule has 0 fully saturated rings. The molecule has 3 aromatic heterocycles. The maximum Gasteiger partial charge on any atom is 0.164 e. The molecule has 0 amide bonds. The van der Waals surface area contributed by atoms with E-state index in [9.17, 15) is 0 Å². The van der Waals surface area contributed by atoms with Gasteiger partial charge in [-0.05, 0) is 62.0 Å². The van der Waals surface area contributed by atoms with Crippen molar-refractivity contribution in [1.82, 2.24) is 19.9 Å². The maximum atomic E-state index is 5.26. The normalized spacial score (nSPS) is 11.8. The van der Waals surface area contributed by atoms with Gasteiger partial charge in [0, 0.05) is 43.7 Å². The monoisotopic (exact) mass is 616 g/mol. The van der Waals surface area contributed by atoms with E-state index in [0.717, 1.165) is 43.1 Å². The molecule has 10 aromatic rings. The summed E-state index contributed by atoms with van der Waals surface area (Å²) in [4.78, 5) is 21.3. The average Bonchev–Trinajstić information content (AvgIpc) is 3.53. The zero-order chi connectivity index (χ0) is 30.9. The van der Waals surface area contributed by atoms with E-state index in [1.165, 1.54) is 37.0 Å². The molecule has 0 unspecified atom stereocenters. The predicted molar refractivity (Wildman–Crippen MR) is 197 cm³/mol. The lowest BCUT2D eigenvalue weighted by Gasteiger charge is -2.13. The number of pyridine rings is 1. The molecule has 0 radical (unpaired) electrons. The highest BCUT2D eigenvalue weighted by Crippen LogP contribution is 2.41. The molecule has 0 aliphatic carbocycles. The first-order chi connectivity index (χ1) is 23.3. The van der Waals surface area contributed by atoms with Gasteiger partial charge in [-0.15, -0.1) is 11.3 Å². The second kappa shape index (κ2) is 10.2. The van der Waals surface area contributed by atoms with Gasteiger partial charge in [-0.1, -0.05) is 115 Å². The molecule has 7 aromatic carbocycles. The zero-order valence-corrected chi connectivity index (χ0v) is 25.9. The number of benzene rings is 7. The van der Waals surface area contributed by atoms with Crippen LogP contribution in [0.5, 0.6) is 0 Å². The van der Waals surface area contributed by atoms with E-state index in [1.807, 2.05) is 12.3 Å². The molecular weight excluding hydrogens is 593 g/mol. The quantitative estimate of drug-likeness (QED) is 0.185. The second-order valence-corrected chi connectivity index (χ2v) is 12.9. The van der Waals surface area contributed by atoms with Crippen molar-refractivity contribution in [2.45, 2.75) is 0 Å². The summed E-state index contributed by atoms with van der Waals surface area (Å²) < 4.78 is 1.22. The van der Waals surface area contributed by atoms with Crippen molar-refractivity contribution < 1.29 is 0 Å². The third-order valence-corrected chi connectivity index (χ3v) is 10.3. The Morgan fingerprint density at radius 3 is 1.91 bits per heavy atom. The van der Waals surface area contributed by atoms with Crippen molar-refractivity contribution in [2.75, 3.05) is 0 Å². The van der Waals surface area contributed by atoms with E-state index in [2.05, 4.69) is 138 Å². The summed E-state index contributed by atoms with van der Waals surface area (Å²) in [6.45, 7) is 0. The lowest BCUT2D eigenvalue weighted by molar-refractivity contribution is 1.08. The summed E-state index contributed by atoms with van der Waals surface area (Å²) in [5, 5.41) is 11.7. The van der Waals surface area contributed by atoms with Crippen molar-refractivity contribution in [1.29, 1.82) is 0 Å².